The number of ketones is 1. The SMILES string of the molecule is [C-]#[N+]c1cccc(C(=O)Cc2ccc(-c3nnc4n3-c3cccnc3Nc3ccccc3-4)cc2)c1. The molecule has 1 N–H and O–H groups in total. The third-order valence-electron chi connectivity index (χ3n) is 5.99. The molecular formula is C28H18N6O. The standard InChI is InChI=1S/C28H18N6O/c1-29-21-7-4-6-20(17-21)25(35)16-18-11-13-19(14-12-18)27-32-33-28-22-8-2-3-9-23(22)31-26-24(34(27)28)10-5-15-30-26/h2-15,17H,16H2,(H,30,31). The van der Waals surface area contributed by atoms with E-state index >= 15 is 0 Å². The number of carbonyl (C=O) groups is 1. The molecule has 1 aliphatic heterocycles. The minimum absolute atomic E-state index is 0.0257. The predicted octanol–water partition coefficient (Wildman–Crippen LogP) is 6.03. The molecule has 3 heterocycles. The Morgan fingerprint density at radius 3 is 2.60 bits per heavy atom. The Hall–Kier alpha value is -5.09. The van der Waals surface area contributed by atoms with Gasteiger partial charge in [0.25, 0.3) is 0 Å². The van der Waals surface area contributed by atoms with Crippen molar-refractivity contribution in [2.24, 2.45) is 0 Å². The predicted molar refractivity (Wildman–Crippen MR) is 134 cm³/mol. The molecule has 7 nitrogen and oxygen atoms in total. The summed E-state index contributed by atoms with van der Waals surface area (Å²) in [5.41, 5.74) is 5.48. The number of hydrogen-bond donors (Lipinski definition) is 1. The summed E-state index contributed by atoms with van der Waals surface area (Å²) in [5, 5.41) is 12.5. The maximum atomic E-state index is 12.7. The van der Waals surface area contributed by atoms with Gasteiger partial charge in [-0.25, -0.2) is 9.83 Å². The van der Waals surface area contributed by atoms with E-state index in [2.05, 4.69) is 25.3 Å². The highest BCUT2D eigenvalue weighted by Gasteiger charge is 2.24. The molecule has 5 aromatic rings. The molecule has 0 aliphatic carbocycles. The van der Waals surface area contributed by atoms with Crippen molar-refractivity contribution in [2.45, 2.75) is 6.42 Å². The normalized spacial score (nSPS) is 11.3. The summed E-state index contributed by atoms with van der Waals surface area (Å²) in [6, 6.07) is 26.4. The van der Waals surface area contributed by atoms with E-state index in [0.717, 1.165) is 39.7 Å². The van der Waals surface area contributed by atoms with Crippen LogP contribution >= 0.6 is 0 Å². The number of carbonyl (C=O) groups excluding carboxylic acids is 1. The van der Waals surface area contributed by atoms with Gasteiger partial charge in [-0.15, -0.1) is 10.2 Å². The largest absolute Gasteiger partial charge is 0.338 e. The second-order valence-corrected chi connectivity index (χ2v) is 8.18. The summed E-state index contributed by atoms with van der Waals surface area (Å²) < 4.78 is 2.01. The Labute approximate surface area is 201 Å². The van der Waals surface area contributed by atoms with Crippen molar-refractivity contribution < 1.29 is 4.79 Å². The number of hydrogen-bond acceptors (Lipinski definition) is 5. The van der Waals surface area contributed by atoms with E-state index in [1.54, 1.807) is 30.5 Å². The summed E-state index contributed by atoms with van der Waals surface area (Å²) in [6.45, 7) is 7.15. The maximum Gasteiger partial charge on any atom is 0.187 e. The molecule has 166 valence electrons. The maximum absolute atomic E-state index is 12.7. The number of pyridine rings is 1. The average Bonchev–Trinajstić information content (AvgIpc) is 3.29. The number of benzene rings is 3. The fourth-order valence-corrected chi connectivity index (χ4v) is 4.27. The fourth-order valence-electron chi connectivity index (χ4n) is 4.27. The summed E-state index contributed by atoms with van der Waals surface area (Å²) >= 11 is 0. The van der Waals surface area contributed by atoms with Crippen molar-refractivity contribution in [3.8, 4) is 28.5 Å². The number of rotatable bonds is 4. The van der Waals surface area contributed by atoms with Crippen LogP contribution in [0.1, 0.15) is 15.9 Å². The first-order chi connectivity index (χ1) is 17.2. The van der Waals surface area contributed by atoms with Gasteiger partial charge in [-0.05, 0) is 35.9 Å². The number of nitrogens with zero attached hydrogens (tertiary/aromatic N) is 5. The number of nitrogens with one attached hydrogen (secondary N) is 1. The van der Waals surface area contributed by atoms with Gasteiger partial charge in [0, 0.05) is 29.3 Å². The molecule has 0 atom stereocenters. The Morgan fingerprint density at radius 2 is 1.74 bits per heavy atom. The first kappa shape index (κ1) is 20.5. The van der Waals surface area contributed by atoms with E-state index < -0.39 is 0 Å². The molecule has 35 heavy (non-hydrogen) atoms. The molecule has 3 aromatic carbocycles. The van der Waals surface area contributed by atoms with Crippen LogP contribution in [0.4, 0.5) is 17.2 Å². The van der Waals surface area contributed by atoms with Crippen LogP contribution in [0, 0.1) is 6.57 Å². The summed E-state index contributed by atoms with van der Waals surface area (Å²) in [7, 11) is 0. The zero-order chi connectivity index (χ0) is 23.8. The summed E-state index contributed by atoms with van der Waals surface area (Å²) in [6.07, 6.45) is 2.01. The minimum atomic E-state index is -0.0257. The lowest BCUT2D eigenvalue weighted by molar-refractivity contribution is 0.0993. The number of fused-ring (bicyclic) bond motifs is 5. The van der Waals surface area contributed by atoms with Crippen LogP contribution in [0.25, 0.3) is 33.3 Å². The third kappa shape index (κ3) is 3.63. The molecule has 0 amide bonds. The minimum Gasteiger partial charge on any atom is -0.338 e. The fraction of sp³-hybridized carbons (Fsp3) is 0.0357. The van der Waals surface area contributed by atoms with Crippen LogP contribution in [0.2, 0.25) is 0 Å². The van der Waals surface area contributed by atoms with Crippen molar-refractivity contribution in [1.29, 1.82) is 0 Å². The van der Waals surface area contributed by atoms with Gasteiger partial charge in [0.15, 0.2) is 28.9 Å². The lowest BCUT2D eigenvalue weighted by Gasteiger charge is -2.11. The molecule has 6 rings (SSSR count). The van der Waals surface area contributed by atoms with Gasteiger partial charge in [0.2, 0.25) is 0 Å². The molecule has 0 unspecified atom stereocenters. The Morgan fingerprint density at radius 1 is 0.914 bits per heavy atom. The molecule has 1 aliphatic rings. The molecule has 0 spiro atoms. The highest BCUT2D eigenvalue weighted by atomic mass is 16.1. The Kier molecular flexibility index (Phi) is 4.90. The van der Waals surface area contributed by atoms with Gasteiger partial charge in [-0.2, -0.15) is 0 Å². The molecule has 0 fully saturated rings. The highest BCUT2D eigenvalue weighted by Crippen LogP contribution is 2.38. The van der Waals surface area contributed by atoms with Crippen molar-refractivity contribution in [2.75, 3.05) is 5.32 Å². The van der Waals surface area contributed by atoms with Gasteiger partial charge in [0.1, 0.15) is 0 Å². The average molecular weight is 454 g/mol. The second kappa shape index (κ2) is 8.36. The molecular weight excluding hydrogens is 436 g/mol. The molecule has 2 aromatic heterocycles. The lowest BCUT2D eigenvalue weighted by atomic mass is 10.0. The van der Waals surface area contributed by atoms with Crippen LogP contribution in [0.15, 0.2) is 91.1 Å². The second-order valence-electron chi connectivity index (χ2n) is 8.18. The highest BCUT2D eigenvalue weighted by molar-refractivity contribution is 5.98. The van der Waals surface area contributed by atoms with Crippen molar-refractivity contribution in [1.82, 2.24) is 19.7 Å². The zero-order valence-electron chi connectivity index (χ0n) is 18.5. The van der Waals surface area contributed by atoms with Gasteiger partial charge < -0.3 is 5.32 Å². The van der Waals surface area contributed by atoms with E-state index in [4.69, 9.17) is 6.57 Å². The van der Waals surface area contributed by atoms with Crippen molar-refractivity contribution >= 4 is 23.0 Å². The van der Waals surface area contributed by atoms with Crippen LogP contribution in [0.5, 0.6) is 0 Å². The van der Waals surface area contributed by atoms with E-state index in [0.29, 0.717) is 17.1 Å². The van der Waals surface area contributed by atoms with Crippen LogP contribution in [0.3, 0.4) is 0 Å². The summed E-state index contributed by atoms with van der Waals surface area (Å²) in [4.78, 5) is 20.7. The van der Waals surface area contributed by atoms with E-state index in [1.807, 2.05) is 65.2 Å². The van der Waals surface area contributed by atoms with Gasteiger partial charge >= 0.3 is 0 Å². The first-order valence-electron chi connectivity index (χ1n) is 11.1. The molecule has 0 saturated carbocycles. The van der Waals surface area contributed by atoms with E-state index in [-0.39, 0.29) is 12.2 Å². The molecule has 0 saturated heterocycles. The van der Waals surface area contributed by atoms with Gasteiger partial charge in [-0.3, -0.25) is 9.36 Å². The smallest absolute Gasteiger partial charge is 0.187 e. The molecule has 0 radical (unpaired) electrons. The van der Waals surface area contributed by atoms with Crippen molar-refractivity contribution in [3.63, 3.8) is 0 Å². The third-order valence-corrected chi connectivity index (χ3v) is 5.99. The number of Topliss-reactive ketones (excluding diaryl/α,β-unsaturated/α-hetero) is 1. The number of para-hydroxylation sites is 1. The Bertz CT molecular complexity index is 1630. The van der Waals surface area contributed by atoms with Gasteiger partial charge in [0.05, 0.1) is 17.9 Å². The van der Waals surface area contributed by atoms with E-state index in [9.17, 15) is 4.79 Å². The summed E-state index contributed by atoms with van der Waals surface area (Å²) in [5.74, 6) is 2.12. The molecule has 7 heteroatoms. The Balaban J connectivity index is 1.37. The zero-order valence-corrected chi connectivity index (χ0v) is 18.5. The van der Waals surface area contributed by atoms with Crippen molar-refractivity contribution in [3.05, 3.63) is 114 Å². The van der Waals surface area contributed by atoms with Gasteiger partial charge in [-0.1, -0.05) is 54.6 Å². The number of anilines is 2. The number of aromatic nitrogens is 4. The monoisotopic (exact) mass is 454 g/mol. The van der Waals surface area contributed by atoms with E-state index in [1.165, 1.54) is 0 Å². The quantitative estimate of drug-likeness (QED) is 0.260. The topological polar surface area (TPSA) is 77.1 Å². The van der Waals surface area contributed by atoms with Crippen LogP contribution in [-0.2, 0) is 6.42 Å². The first-order valence-corrected chi connectivity index (χ1v) is 11.1. The lowest BCUT2D eigenvalue weighted by Crippen LogP contribution is -2.04. The van der Waals surface area contributed by atoms with Crippen LogP contribution in [-0.4, -0.2) is 25.5 Å². The van der Waals surface area contributed by atoms with Crippen LogP contribution < -0.4 is 5.32 Å². The molecule has 0 bridgehead atoms.